The molecule has 0 radical (unpaired) electrons. The van der Waals surface area contributed by atoms with Gasteiger partial charge in [0, 0.05) is 0 Å². The molecule has 0 saturated carbocycles. The Kier molecular flexibility index (Phi) is 9.76. The van der Waals surface area contributed by atoms with Crippen LogP contribution in [0.3, 0.4) is 0 Å². The summed E-state index contributed by atoms with van der Waals surface area (Å²) in [5.74, 6) is -6.97. The van der Waals surface area contributed by atoms with Gasteiger partial charge in [-0.1, -0.05) is 0 Å². The summed E-state index contributed by atoms with van der Waals surface area (Å²) in [5.41, 5.74) is 3.70. The summed E-state index contributed by atoms with van der Waals surface area (Å²) in [5, 5.41) is 6.45. The molecule has 1 aromatic heterocycles. The van der Waals surface area contributed by atoms with E-state index in [0.717, 1.165) is 60.1 Å². The maximum absolute atomic E-state index is 8.85. The van der Waals surface area contributed by atoms with Crippen LogP contribution in [0.25, 0.3) is 0 Å². The number of aromatic nitrogens is 1. The van der Waals surface area contributed by atoms with E-state index in [2.05, 4.69) is 182 Å². The molecule has 0 aliphatic carbocycles. The zero-order valence-electron chi connectivity index (χ0n) is 30.4. The molecule has 7 heteroatoms. The normalized spacial score (nSPS) is 15.8. The van der Waals surface area contributed by atoms with Gasteiger partial charge in [-0.3, -0.25) is 0 Å². The number of nitrogens with zero attached hydrogens (tertiary/aromatic N) is 1. The summed E-state index contributed by atoms with van der Waals surface area (Å²) < 4.78 is 12.8. The first-order valence-electron chi connectivity index (χ1n) is 18.3. The van der Waals surface area contributed by atoms with Gasteiger partial charge in [0.2, 0.25) is 0 Å². The molecular weight excluding hydrogens is 743 g/mol. The van der Waals surface area contributed by atoms with Crippen LogP contribution < -0.4 is 36.6 Å². The summed E-state index contributed by atoms with van der Waals surface area (Å²) in [7, 11) is 0. The Morgan fingerprint density at radius 2 is 0.833 bits per heavy atom. The molecule has 2 heterocycles. The SMILES string of the molecule is Cc1nc(CP(Cl)(c2ccccc2)(c2ccccc2)c2ccccc2)c(CP(Cl)(c2ccccc2)(c2ccccc2)c2ccccc2)c2c1OC(C)OC2. The number of rotatable bonds is 10. The number of aryl methyl sites for hydroxylation is 1. The average Bonchev–Trinajstić information content (AvgIpc) is 3.24. The van der Waals surface area contributed by atoms with Crippen LogP contribution in [-0.2, 0) is 23.7 Å². The molecule has 1 aliphatic rings. The minimum absolute atomic E-state index is 0.365. The molecule has 0 bridgehead atoms. The summed E-state index contributed by atoms with van der Waals surface area (Å²) in [6.07, 6.45) is 0.510. The monoisotopic (exact) mass is 785 g/mol. The standard InChI is InChI=1S/C47H43Cl2NO2P2/c1-36-47-44(33-51-37(2)52-47)45(34-53(48,38-21-9-3-10-22-38,39-23-11-4-12-24-39)40-25-13-5-14-26-40)46(50-36)35-54(49,41-27-15-6-16-28-41,42-29-17-7-18-30-42)43-31-19-8-20-32-43/h3-32,37H,33-35H2,1-2H3. The van der Waals surface area contributed by atoms with Crippen LogP contribution in [0, 0.1) is 6.92 Å². The molecule has 272 valence electrons. The number of hydrogen-bond acceptors (Lipinski definition) is 3. The Hall–Kier alpha value is -4.33. The molecule has 6 aromatic carbocycles. The molecule has 1 unspecified atom stereocenters. The number of pyridine rings is 1. The number of fused-ring (bicyclic) bond motifs is 1. The molecule has 8 rings (SSSR count). The van der Waals surface area contributed by atoms with E-state index in [4.69, 9.17) is 36.9 Å². The van der Waals surface area contributed by atoms with Crippen LogP contribution in [-0.4, -0.2) is 11.3 Å². The van der Waals surface area contributed by atoms with E-state index in [0.29, 0.717) is 18.9 Å². The first-order chi connectivity index (χ1) is 26.2. The van der Waals surface area contributed by atoms with Crippen molar-refractivity contribution in [3.05, 3.63) is 205 Å². The van der Waals surface area contributed by atoms with Crippen LogP contribution >= 0.6 is 34.4 Å². The molecule has 1 aliphatic heterocycles. The van der Waals surface area contributed by atoms with Crippen molar-refractivity contribution >= 4 is 66.2 Å². The average molecular weight is 787 g/mol. The van der Waals surface area contributed by atoms with Crippen LogP contribution in [0.1, 0.15) is 29.4 Å². The minimum atomic E-state index is -3.87. The second kappa shape index (κ2) is 14.4. The van der Waals surface area contributed by atoms with Crippen LogP contribution in [0.5, 0.6) is 5.75 Å². The Balaban J connectivity index is 1.50. The predicted octanol–water partition coefficient (Wildman–Crippen LogP) is 10.0. The first kappa shape index (κ1) is 36.6. The van der Waals surface area contributed by atoms with Crippen LogP contribution in [0.4, 0.5) is 0 Å². The zero-order valence-corrected chi connectivity index (χ0v) is 33.7. The van der Waals surface area contributed by atoms with E-state index in [1.54, 1.807) is 0 Å². The molecule has 0 fully saturated rings. The summed E-state index contributed by atoms with van der Waals surface area (Å²) >= 11 is 17.6. The van der Waals surface area contributed by atoms with Crippen molar-refractivity contribution in [3.63, 3.8) is 0 Å². The van der Waals surface area contributed by atoms with Gasteiger partial charge in [-0.25, -0.2) is 0 Å². The van der Waals surface area contributed by atoms with Crippen molar-refractivity contribution in [2.45, 2.75) is 39.1 Å². The van der Waals surface area contributed by atoms with Crippen molar-refractivity contribution in [2.75, 3.05) is 0 Å². The summed E-state index contributed by atoms with van der Waals surface area (Å²) in [6, 6.07) is 63.6. The fourth-order valence-corrected chi connectivity index (χ4v) is 20.5. The van der Waals surface area contributed by atoms with Gasteiger partial charge in [0.1, 0.15) is 0 Å². The van der Waals surface area contributed by atoms with Crippen molar-refractivity contribution in [3.8, 4) is 5.75 Å². The molecule has 0 spiro atoms. The van der Waals surface area contributed by atoms with E-state index in [1.807, 2.05) is 13.8 Å². The Morgan fingerprint density at radius 1 is 0.519 bits per heavy atom. The van der Waals surface area contributed by atoms with Gasteiger partial charge < -0.3 is 0 Å². The third kappa shape index (κ3) is 5.90. The maximum atomic E-state index is 8.85. The molecule has 3 nitrogen and oxygen atoms in total. The number of benzene rings is 6. The third-order valence-corrected chi connectivity index (χ3v) is 25.3. The van der Waals surface area contributed by atoms with Crippen LogP contribution in [0.2, 0.25) is 0 Å². The number of halogens is 2. The van der Waals surface area contributed by atoms with Gasteiger partial charge >= 0.3 is 330 Å². The van der Waals surface area contributed by atoms with Gasteiger partial charge in [-0.05, 0) is 0 Å². The topological polar surface area (TPSA) is 31.4 Å². The quantitative estimate of drug-likeness (QED) is 0.130. The van der Waals surface area contributed by atoms with E-state index in [1.165, 1.54) is 0 Å². The molecule has 0 N–H and O–H groups in total. The van der Waals surface area contributed by atoms with E-state index >= 15 is 0 Å². The Bertz CT molecular complexity index is 2190. The van der Waals surface area contributed by atoms with E-state index in [9.17, 15) is 0 Å². The Labute approximate surface area is 328 Å². The van der Waals surface area contributed by atoms with Crippen molar-refractivity contribution in [2.24, 2.45) is 0 Å². The second-order valence-electron chi connectivity index (χ2n) is 14.1. The Morgan fingerprint density at radius 3 is 1.17 bits per heavy atom. The molecule has 1 atom stereocenters. The number of ether oxygens (including phenoxy) is 2. The van der Waals surface area contributed by atoms with Gasteiger partial charge in [-0.15, -0.1) is 0 Å². The fraction of sp³-hybridized carbons (Fsp3) is 0.128. The summed E-state index contributed by atoms with van der Waals surface area (Å²) in [4.78, 5) is 5.55. The van der Waals surface area contributed by atoms with Crippen molar-refractivity contribution in [1.29, 1.82) is 0 Å². The van der Waals surface area contributed by atoms with Gasteiger partial charge in [0.05, 0.1) is 0 Å². The van der Waals surface area contributed by atoms with E-state index in [-0.39, 0.29) is 0 Å². The van der Waals surface area contributed by atoms with Crippen molar-refractivity contribution in [1.82, 2.24) is 4.98 Å². The molecule has 54 heavy (non-hydrogen) atoms. The molecule has 0 saturated heterocycles. The molecule has 7 aromatic rings. The second-order valence-corrected chi connectivity index (χ2v) is 27.1. The van der Waals surface area contributed by atoms with Gasteiger partial charge in [0.15, 0.2) is 0 Å². The molecule has 0 amide bonds. The fourth-order valence-electron chi connectivity index (χ4n) is 8.33. The number of hydrogen-bond donors (Lipinski definition) is 0. The zero-order chi connectivity index (χ0) is 37.3. The van der Waals surface area contributed by atoms with Crippen molar-refractivity contribution < 1.29 is 9.47 Å². The van der Waals surface area contributed by atoms with Gasteiger partial charge in [0.25, 0.3) is 0 Å². The molecular formula is C47H43Cl2NO2P2. The van der Waals surface area contributed by atoms with Gasteiger partial charge in [-0.2, -0.15) is 0 Å². The summed E-state index contributed by atoms with van der Waals surface area (Å²) in [6.45, 7) is 4.33. The third-order valence-electron chi connectivity index (χ3n) is 11.0. The first-order valence-corrected chi connectivity index (χ1v) is 25.0. The van der Waals surface area contributed by atoms with E-state index < -0.39 is 18.2 Å². The van der Waals surface area contributed by atoms with Crippen LogP contribution in [0.15, 0.2) is 182 Å². The predicted molar refractivity (Wildman–Crippen MR) is 233 cm³/mol.